The number of hydrogen-bond donors (Lipinski definition) is 0. The minimum absolute atomic E-state index is 0.154. The third-order valence-corrected chi connectivity index (χ3v) is 3.23. The number of benzene rings is 1. The first-order chi connectivity index (χ1) is 7.58. The maximum Gasteiger partial charge on any atom is 0.135 e. The smallest absolute Gasteiger partial charge is 0.135 e. The highest BCUT2D eigenvalue weighted by Gasteiger charge is 2.25. The fourth-order valence-corrected chi connectivity index (χ4v) is 2.15. The Bertz CT molecular complexity index is 429. The summed E-state index contributed by atoms with van der Waals surface area (Å²) < 4.78 is 0. The summed E-state index contributed by atoms with van der Waals surface area (Å²) in [5.74, 6) is 0.451. The van der Waals surface area contributed by atoms with Crippen molar-refractivity contribution in [3.8, 4) is 0 Å². The van der Waals surface area contributed by atoms with Gasteiger partial charge in [-0.1, -0.05) is 48.3 Å². The molecule has 86 valence electrons. The van der Waals surface area contributed by atoms with Crippen LogP contribution in [0.3, 0.4) is 0 Å². The monoisotopic (exact) mass is 257 g/mol. The maximum absolute atomic E-state index is 6.12. The molecule has 1 unspecified atom stereocenters. The molecule has 1 aliphatic heterocycles. The summed E-state index contributed by atoms with van der Waals surface area (Å²) in [6, 6.07) is 5.42. The molecule has 1 aromatic carbocycles. The van der Waals surface area contributed by atoms with E-state index in [2.05, 4.69) is 19.0 Å². The first-order valence-electron chi connectivity index (χ1n) is 5.26. The van der Waals surface area contributed by atoms with E-state index in [0.717, 1.165) is 17.7 Å². The van der Waals surface area contributed by atoms with E-state index in [0.29, 0.717) is 16.0 Å². The van der Waals surface area contributed by atoms with Crippen LogP contribution < -0.4 is 0 Å². The van der Waals surface area contributed by atoms with E-state index in [1.165, 1.54) is 0 Å². The summed E-state index contributed by atoms with van der Waals surface area (Å²) in [5.41, 5.74) is 1.81. The Morgan fingerprint density at radius 1 is 1.38 bits per heavy atom. The summed E-state index contributed by atoms with van der Waals surface area (Å²) in [5, 5.41) is 5.35. The molecule has 1 aromatic rings. The van der Waals surface area contributed by atoms with Gasteiger partial charge in [-0.2, -0.15) is 0 Å². The molecule has 1 heterocycles. The lowest BCUT2D eigenvalue weighted by molar-refractivity contribution is 0.0521. The topological polar surface area (TPSA) is 21.6 Å². The lowest BCUT2D eigenvalue weighted by Crippen LogP contribution is -2.15. The highest BCUT2D eigenvalue weighted by atomic mass is 35.5. The normalized spacial score (nSPS) is 19.8. The van der Waals surface area contributed by atoms with Crippen LogP contribution in [0.15, 0.2) is 23.4 Å². The van der Waals surface area contributed by atoms with E-state index in [9.17, 15) is 0 Å². The zero-order chi connectivity index (χ0) is 11.7. The van der Waals surface area contributed by atoms with E-state index in [-0.39, 0.29) is 6.10 Å². The van der Waals surface area contributed by atoms with E-state index in [4.69, 9.17) is 28.0 Å². The molecular formula is C12H13Cl2NO. The molecule has 0 N–H and O–H groups in total. The van der Waals surface area contributed by atoms with Gasteiger partial charge in [0.05, 0.1) is 10.7 Å². The number of halogens is 2. The lowest BCUT2D eigenvalue weighted by Gasteiger charge is -2.11. The van der Waals surface area contributed by atoms with Gasteiger partial charge in [0.15, 0.2) is 0 Å². The summed E-state index contributed by atoms with van der Waals surface area (Å²) >= 11 is 12.0. The van der Waals surface area contributed by atoms with Crippen molar-refractivity contribution in [2.24, 2.45) is 11.1 Å². The predicted octanol–water partition coefficient (Wildman–Crippen LogP) is 4.14. The van der Waals surface area contributed by atoms with Crippen LogP contribution in [0.2, 0.25) is 10.0 Å². The standard InChI is InChI=1S/C12H13Cl2NO/c1-7(2)12-6-11(15-16-12)9-4-3-8(13)5-10(9)14/h3-5,7,12H,6H2,1-2H3. The van der Waals surface area contributed by atoms with Crippen LogP contribution in [0.5, 0.6) is 0 Å². The second kappa shape index (κ2) is 4.64. The van der Waals surface area contributed by atoms with Crippen molar-refractivity contribution in [1.82, 2.24) is 0 Å². The van der Waals surface area contributed by atoms with Crippen molar-refractivity contribution < 1.29 is 4.84 Å². The SMILES string of the molecule is CC(C)C1CC(c2ccc(Cl)cc2Cl)=NO1. The van der Waals surface area contributed by atoms with Crippen molar-refractivity contribution in [3.63, 3.8) is 0 Å². The van der Waals surface area contributed by atoms with Gasteiger partial charge in [0.1, 0.15) is 6.10 Å². The van der Waals surface area contributed by atoms with Gasteiger partial charge >= 0.3 is 0 Å². The molecule has 0 aliphatic carbocycles. The molecule has 0 fully saturated rings. The number of nitrogens with zero attached hydrogens (tertiary/aromatic N) is 1. The van der Waals surface area contributed by atoms with E-state index < -0.39 is 0 Å². The van der Waals surface area contributed by atoms with Gasteiger partial charge < -0.3 is 4.84 Å². The molecule has 0 aromatic heterocycles. The molecule has 0 amide bonds. The second-order valence-electron chi connectivity index (χ2n) is 4.25. The highest BCUT2D eigenvalue weighted by molar-refractivity contribution is 6.37. The fraction of sp³-hybridized carbons (Fsp3) is 0.417. The molecule has 1 atom stereocenters. The molecule has 0 saturated carbocycles. The number of hydrogen-bond acceptors (Lipinski definition) is 2. The second-order valence-corrected chi connectivity index (χ2v) is 5.10. The Morgan fingerprint density at radius 2 is 2.12 bits per heavy atom. The summed E-state index contributed by atoms with van der Waals surface area (Å²) in [4.78, 5) is 5.36. The molecular weight excluding hydrogens is 245 g/mol. The third kappa shape index (κ3) is 2.33. The minimum Gasteiger partial charge on any atom is -0.392 e. The predicted molar refractivity (Wildman–Crippen MR) is 67.3 cm³/mol. The average molecular weight is 258 g/mol. The Kier molecular flexibility index (Phi) is 3.41. The van der Waals surface area contributed by atoms with Crippen molar-refractivity contribution in [2.45, 2.75) is 26.4 Å². The van der Waals surface area contributed by atoms with Gasteiger partial charge in [-0.3, -0.25) is 0 Å². The van der Waals surface area contributed by atoms with Crippen LogP contribution in [0.1, 0.15) is 25.8 Å². The quantitative estimate of drug-likeness (QED) is 0.781. The Labute approximate surface area is 105 Å². The zero-order valence-corrected chi connectivity index (χ0v) is 10.7. The van der Waals surface area contributed by atoms with Crippen molar-refractivity contribution in [2.75, 3.05) is 0 Å². The first-order valence-corrected chi connectivity index (χ1v) is 6.01. The fourth-order valence-electron chi connectivity index (χ4n) is 1.64. The first kappa shape index (κ1) is 11.7. The van der Waals surface area contributed by atoms with E-state index in [1.54, 1.807) is 6.07 Å². The van der Waals surface area contributed by atoms with Crippen molar-refractivity contribution >= 4 is 28.9 Å². The molecule has 2 nitrogen and oxygen atoms in total. The molecule has 4 heteroatoms. The van der Waals surface area contributed by atoms with Gasteiger partial charge in [-0.15, -0.1) is 0 Å². The Morgan fingerprint density at radius 3 is 2.69 bits per heavy atom. The summed E-state index contributed by atoms with van der Waals surface area (Å²) in [7, 11) is 0. The van der Waals surface area contributed by atoms with Crippen molar-refractivity contribution in [3.05, 3.63) is 33.8 Å². The van der Waals surface area contributed by atoms with Crippen LogP contribution >= 0.6 is 23.2 Å². The van der Waals surface area contributed by atoms with Crippen molar-refractivity contribution in [1.29, 1.82) is 0 Å². The van der Waals surface area contributed by atoms with Crippen LogP contribution in [0, 0.1) is 5.92 Å². The largest absolute Gasteiger partial charge is 0.392 e. The van der Waals surface area contributed by atoms with Crippen LogP contribution in [0.25, 0.3) is 0 Å². The number of oxime groups is 1. The Hall–Kier alpha value is -0.730. The van der Waals surface area contributed by atoms with Gasteiger partial charge in [0.2, 0.25) is 0 Å². The summed E-state index contributed by atoms with van der Waals surface area (Å²) in [6.07, 6.45) is 0.959. The molecule has 16 heavy (non-hydrogen) atoms. The van der Waals surface area contributed by atoms with E-state index >= 15 is 0 Å². The van der Waals surface area contributed by atoms with E-state index in [1.807, 2.05) is 12.1 Å². The maximum atomic E-state index is 6.12. The highest BCUT2D eigenvalue weighted by Crippen LogP contribution is 2.27. The minimum atomic E-state index is 0.154. The zero-order valence-electron chi connectivity index (χ0n) is 9.21. The molecule has 2 rings (SSSR count). The number of rotatable bonds is 2. The van der Waals surface area contributed by atoms with Gasteiger partial charge in [0.25, 0.3) is 0 Å². The van der Waals surface area contributed by atoms with Gasteiger partial charge in [-0.05, 0) is 18.1 Å². The van der Waals surface area contributed by atoms with Gasteiger partial charge in [0, 0.05) is 17.0 Å². The average Bonchev–Trinajstić information content (AvgIpc) is 2.66. The van der Waals surface area contributed by atoms with Crippen LogP contribution in [-0.4, -0.2) is 11.8 Å². The Balaban J connectivity index is 2.21. The summed E-state index contributed by atoms with van der Waals surface area (Å²) in [6.45, 7) is 4.24. The molecule has 0 radical (unpaired) electrons. The molecule has 0 saturated heterocycles. The van der Waals surface area contributed by atoms with Crippen LogP contribution in [0.4, 0.5) is 0 Å². The lowest BCUT2D eigenvalue weighted by atomic mass is 9.98. The molecule has 1 aliphatic rings. The third-order valence-electron chi connectivity index (χ3n) is 2.68. The molecule has 0 spiro atoms. The molecule has 0 bridgehead atoms. The van der Waals surface area contributed by atoms with Gasteiger partial charge in [-0.25, -0.2) is 0 Å². The van der Waals surface area contributed by atoms with Crippen LogP contribution in [-0.2, 0) is 4.84 Å².